The third-order valence-electron chi connectivity index (χ3n) is 8.46. The molecule has 1 aliphatic carbocycles. The zero-order valence-corrected chi connectivity index (χ0v) is 25.2. The molecular weight excluding hydrogens is 604 g/mol. The maximum absolute atomic E-state index is 14.6. The highest BCUT2D eigenvalue weighted by atomic mass is 19.4. The van der Waals surface area contributed by atoms with E-state index in [1.165, 1.54) is 31.2 Å². The van der Waals surface area contributed by atoms with Crippen LogP contribution in [0.15, 0.2) is 59.6 Å². The molecule has 12 heteroatoms. The predicted molar refractivity (Wildman–Crippen MR) is 163 cm³/mol. The number of primary amides is 1. The summed E-state index contributed by atoms with van der Waals surface area (Å²) in [6, 6.07) is 10.9. The fraction of sp³-hybridized carbons (Fsp3) is 0.353. The van der Waals surface area contributed by atoms with Crippen molar-refractivity contribution in [3.8, 4) is 22.8 Å². The number of hydrogen-bond acceptors (Lipinski definition) is 6. The van der Waals surface area contributed by atoms with Gasteiger partial charge in [0.2, 0.25) is 5.91 Å². The first-order valence-corrected chi connectivity index (χ1v) is 15.0. The van der Waals surface area contributed by atoms with Crippen molar-refractivity contribution >= 4 is 23.7 Å². The summed E-state index contributed by atoms with van der Waals surface area (Å²) in [5, 5.41) is 2.41. The van der Waals surface area contributed by atoms with E-state index in [2.05, 4.69) is 15.3 Å². The first-order chi connectivity index (χ1) is 21.8. The normalized spacial score (nSPS) is 21.2. The number of hydrogen-bond donors (Lipinski definition) is 2. The lowest BCUT2D eigenvalue weighted by atomic mass is 9.82. The zero-order valence-electron chi connectivity index (χ0n) is 25.2. The van der Waals surface area contributed by atoms with Gasteiger partial charge in [0.1, 0.15) is 40.9 Å². The van der Waals surface area contributed by atoms with Crippen LogP contribution in [-0.2, 0) is 10.2 Å². The molecule has 1 unspecified atom stereocenters. The van der Waals surface area contributed by atoms with Crippen LogP contribution in [0.2, 0.25) is 0 Å². The number of aromatic nitrogens is 1. The summed E-state index contributed by atoms with van der Waals surface area (Å²) < 4.78 is 69.4. The van der Waals surface area contributed by atoms with Crippen molar-refractivity contribution in [1.29, 1.82) is 0 Å². The second-order valence-electron chi connectivity index (χ2n) is 12.2. The van der Waals surface area contributed by atoms with E-state index in [0.29, 0.717) is 22.9 Å². The smallest absolute Gasteiger partial charge is 0.398 e. The van der Waals surface area contributed by atoms with Gasteiger partial charge in [-0.25, -0.2) is 9.37 Å². The monoisotopic (exact) mass is 636 g/mol. The molecule has 3 N–H and O–H groups in total. The van der Waals surface area contributed by atoms with Crippen molar-refractivity contribution in [3.63, 3.8) is 0 Å². The van der Waals surface area contributed by atoms with Crippen LogP contribution in [0.4, 0.5) is 17.6 Å². The van der Waals surface area contributed by atoms with Crippen LogP contribution in [-0.4, -0.2) is 48.4 Å². The molecule has 0 radical (unpaired) electrons. The SMILES string of the molecule is CC1C=NC(c2ccc(C(=O)NC[C@H](c3cc4c(c(-c5ccc(F)cc5)n3)OC[C@]4(C)C(N)=O)C(F)(F)F)cc2OC2CC2)=CC1. The topological polar surface area (TPSA) is 116 Å². The number of rotatable bonds is 9. The van der Waals surface area contributed by atoms with E-state index in [4.69, 9.17) is 15.2 Å². The molecule has 0 bridgehead atoms. The van der Waals surface area contributed by atoms with E-state index in [1.54, 1.807) is 6.07 Å². The van der Waals surface area contributed by atoms with Crippen LogP contribution in [0.3, 0.4) is 0 Å². The standard InChI is InChI=1S/C34H32F4N4O4/c1-18-3-12-26(40-15-18)23-11-6-20(13-28(23)46-22-9-10-22)31(43)41-16-25(34(36,37)38)27-14-24-30(45-17-33(24,2)32(39)44)29(42-27)19-4-7-21(35)8-5-19/h4-8,11-15,18,22,25H,3,9-10,16-17H2,1-2H3,(H2,39,44)(H,41,43)/t18?,25-,33+/m1/s1. The molecule has 46 heavy (non-hydrogen) atoms. The Labute approximate surface area is 262 Å². The maximum Gasteiger partial charge on any atom is 0.398 e. The van der Waals surface area contributed by atoms with E-state index < -0.39 is 47.4 Å². The minimum atomic E-state index is -4.84. The molecule has 1 aromatic heterocycles. The number of nitrogens with two attached hydrogens (primary N) is 1. The van der Waals surface area contributed by atoms with Gasteiger partial charge in [-0.1, -0.05) is 13.0 Å². The summed E-state index contributed by atoms with van der Waals surface area (Å²) in [6.07, 6.45) is 1.55. The maximum atomic E-state index is 14.6. The lowest BCUT2D eigenvalue weighted by Gasteiger charge is -2.24. The van der Waals surface area contributed by atoms with Gasteiger partial charge in [-0.3, -0.25) is 14.6 Å². The zero-order chi connectivity index (χ0) is 32.8. The fourth-order valence-corrected chi connectivity index (χ4v) is 5.41. The number of pyridine rings is 1. The van der Waals surface area contributed by atoms with Crippen molar-refractivity contribution in [3.05, 3.63) is 82.8 Å². The quantitative estimate of drug-likeness (QED) is 0.276. The first-order valence-electron chi connectivity index (χ1n) is 15.0. The molecule has 3 aromatic rings. The molecule has 0 spiro atoms. The number of fused-ring (bicyclic) bond motifs is 1. The second kappa shape index (κ2) is 11.9. The average molecular weight is 637 g/mol. The number of benzene rings is 2. The van der Waals surface area contributed by atoms with E-state index >= 15 is 0 Å². The number of amides is 2. The van der Waals surface area contributed by atoms with Crippen molar-refractivity contribution in [2.24, 2.45) is 16.6 Å². The van der Waals surface area contributed by atoms with Crippen LogP contribution in [0, 0.1) is 11.7 Å². The highest BCUT2D eigenvalue weighted by molar-refractivity contribution is 5.95. The van der Waals surface area contributed by atoms with E-state index in [-0.39, 0.29) is 40.8 Å². The fourth-order valence-electron chi connectivity index (χ4n) is 5.41. The highest BCUT2D eigenvalue weighted by Crippen LogP contribution is 2.46. The summed E-state index contributed by atoms with van der Waals surface area (Å²) in [4.78, 5) is 34.5. The van der Waals surface area contributed by atoms with E-state index in [0.717, 1.165) is 37.5 Å². The molecule has 1 fully saturated rings. The largest absolute Gasteiger partial charge is 0.490 e. The summed E-state index contributed by atoms with van der Waals surface area (Å²) in [7, 11) is 0. The number of nitrogens with one attached hydrogen (secondary N) is 1. The predicted octanol–water partition coefficient (Wildman–Crippen LogP) is 6.09. The third kappa shape index (κ3) is 6.20. The number of ether oxygens (including phenoxy) is 2. The molecule has 1 saturated carbocycles. The molecule has 6 rings (SSSR count). The van der Waals surface area contributed by atoms with Crippen LogP contribution >= 0.6 is 0 Å². The van der Waals surface area contributed by atoms with Crippen LogP contribution in [0.5, 0.6) is 11.5 Å². The van der Waals surface area contributed by atoms with Gasteiger partial charge in [0.05, 0.1) is 17.5 Å². The Morgan fingerprint density at radius 1 is 1.15 bits per heavy atom. The van der Waals surface area contributed by atoms with Gasteiger partial charge in [-0.2, -0.15) is 13.2 Å². The summed E-state index contributed by atoms with van der Waals surface area (Å²) >= 11 is 0. The molecule has 2 amide bonds. The average Bonchev–Trinajstić information content (AvgIpc) is 3.77. The molecule has 2 aliphatic heterocycles. The Morgan fingerprint density at radius 2 is 1.89 bits per heavy atom. The Hall–Kier alpha value is -4.74. The van der Waals surface area contributed by atoms with Gasteiger partial charge in [-0.05, 0) is 80.6 Å². The molecular formula is C34H32F4N4O4. The van der Waals surface area contributed by atoms with Crippen LogP contribution < -0.4 is 20.5 Å². The Bertz CT molecular complexity index is 1750. The van der Waals surface area contributed by atoms with E-state index in [1.807, 2.05) is 19.2 Å². The Balaban J connectivity index is 1.32. The van der Waals surface area contributed by atoms with Gasteiger partial charge >= 0.3 is 6.18 Å². The van der Waals surface area contributed by atoms with Crippen LogP contribution in [0.1, 0.15) is 66.2 Å². The summed E-state index contributed by atoms with van der Waals surface area (Å²) in [5.74, 6) is -3.50. The van der Waals surface area contributed by atoms with E-state index in [9.17, 15) is 27.2 Å². The number of alkyl halides is 3. The molecule has 0 saturated heterocycles. The highest BCUT2D eigenvalue weighted by Gasteiger charge is 2.47. The molecule has 2 aromatic carbocycles. The van der Waals surface area contributed by atoms with Gasteiger partial charge < -0.3 is 20.5 Å². The first kappa shape index (κ1) is 31.3. The van der Waals surface area contributed by atoms with Crippen molar-refractivity contribution in [1.82, 2.24) is 10.3 Å². The molecule has 3 heterocycles. The van der Waals surface area contributed by atoms with Crippen molar-refractivity contribution in [2.45, 2.75) is 56.7 Å². The minimum Gasteiger partial charge on any atom is -0.490 e. The third-order valence-corrected chi connectivity index (χ3v) is 8.46. The van der Waals surface area contributed by atoms with Crippen LogP contribution in [0.25, 0.3) is 17.0 Å². The Kier molecular flexibility index (Phi) is 8.07. The number of carbonyl (C=O) groups is 2. The number of aliphatic imine (C=N–C) groups is 1. The summed E-state index contributed by atoms with van der Waals surface area (Å²) in [5.41, 5.74) is 5.73. The molecule has 240 valence electrons. The Morgan fingerprint density at radius 3 is 2.52 bits per heavy atom. The van der Waals surface area contributed by atoms with Gasteiger partial charge in [0, 0.05) is 35.0 Å². The number of carbonyl (C=O) groups excluding carboxylic acids is 2. The van der Waals surface area contributed by atoms with Gasteiger partial charge in [0.25, 0.3) is 5.91 Å². The molecule has 8 nitrogen and oxygen atoms in total. The number of allylic oxidation sites excluding steroid dienone is 1. The summed E-state index contributed by atoms with van der Waals surface area (Å²) in [6.45, 7) is 2.47. The number of halogens is 4. The second-order valence-corrected chi connectivity index (χ2v) is 12.2. The molecule has 3 atom stereocenters. The lowest BCUT2D eigenvalue weighted by Crippen LogP contribution is -2.40. The van der Waals surface area contributed by atoms with Gasteiger partial charge in [-0.15, -0.1) is 0 Å². The molecule has 3 aliphatic rings. The number of nitrogens with zero attached hydrogens (tertiary/aromatic N) is 2. The van der Waals surface area contributed by atoms with Gasteiger partial charge in [0.15, 0.2) is 0 Å². The minimum absolute atomic E-state index is 0.00424. The van der Waals surface area contributed by atoms with Crippen molar-refractivity contribution < 1.29 is 36.6 Å². The van der Waals surface area contributed by atoms with Crippen molar-refractivity contribution in [2.75, 3.05) is 13.2 Å². The lowest BCUT2D eigenvalue weighted by molar-refractivity contribution is -0.149.